The summed E-state index contributed by atoms with van der Waals surface area (Å²) in [6.07, 6.45) is 0. The van der Waals surface area contributed by atoms with Crippen LogP contribution in [0, 0.1) is 0 Å². The molecular weight excluding hydrogens is 733 g/mol. The highest BCUT2D eigenvalue weighted by molar-refractivity contribution is 7.27. The topological polar surface area (TPSA) is 9.86 Å². The maximum Gasteiger partial charge on any atom is 0.0555 e. The van der Waals surface area contributed by atoms with E-state index >= 15 is 0 Å². The van der Waals surface area contributed by atoms with Crippen molar-refractivity contribution in [3.8, 4) is 33.6 Å². The molecule has 3 heterocycles. The Hall–Kier alpha value is -7.46. The van der Waals surface area contributed by atoms with E-state index in [4.69, 9.17) is 0 Å². The van der Waals surface area contributed by atoms with Gasteiger partial charge >= 0.3 is 0 Å². The van der Waals surface area contributed by atoms with Gasteiger partial charge in [-0.1, -0.05) is 152 Å². The van der Waals surface area contributed by atoms with Crippen LogP contribution in [0.3, 0.4) is 0 Å². The molecule has 0 unspecified atom stereocenters. The third kappa shape index (κ3) is 4.80. The first-order chi connectivity index (χ1) is 29.3. The summed E-state index contributed by atoms with van der Waals surface area (Å²) in [4.78, 5) is 0. The zero-order valence-electron chi connectivity index (χ0n) is 31.9. The first-order valence-corrected chi connectivity index (χ1v) is 21.1. The lowest BCUT2D eigenvalue weighted by atomic mass is 9.98. The standard InChI is InChI=1S/C56H34N2S/c1-2-12-39-34-40(21-20-35(39)10-1)36-22-26-41(27-23-36)57-49-18-7-5-15-47(49)53-51(57)32-30-45-46-31-33-52-54(56(46)59-55(45)53)48-16-6-8-19-50(48)58(52)42-28-24-38(25-29-42)44-17-9-13-37-11-3-4-14-43(37)44/h1-34H. The van der Waals surface area contributed by atoms with Crippen molar-refractivity contribution in [1.29, 1.82) is 0 Å². The Morgan fingerprint density at radius 2 is 0.780 bits per heavy atom. The average Bonchev–Trinajstić information content (AvgIpc) is 3.96. The molecule has 3 aromatic heterocycles. The van der Waals surface area contributed by atoms with Crippen LogP contribution < -0.4 is 0 Å². The van der Waals surface area contributed by atoms with Crippen molar-refractivity contribution in [3.63, 3.8) is 0 Å². The van der Waals surface area contributed by atoms with Crippen molar-refractivity contribution in [1.82, 2.24) is 9.13 Å². The Labute approximate surface area is 344 Å². The smallest absolute Gasteiger partial charge is 0.0555 e. The third-order valence-corrected chi connectivity index (χ3v) is 13.8. The molecule has 0 N–H and O–H groups in total. The van der Waals surface area contributed by atoms with E-state index in [2.05, 4.69) is 215 Å². The minimum Gasteiger partial charge on any atom is -0.309 e. The molecule has 0 saturated carbocycles. The van der Waals surface area contributed by atoms with Gasteiger partial charge in [-0.3, -0.25) is 0 Å². The van der Waals surface area contributed by atoms with E-state index in [1.807, 2.05) is 11.3 Å². The maximum absolute atomic E-state index is 2.45. The number of hydrogen-bond donors (Lipinski definition) is 0. The molecule has 3 heteroatoms. The molecule has 13 aromatic rings. The largest absolute Gasteiger partial charge is 0.309 e. The van der Waals surface area contributed by atoms with E-state index in [-0.39, 0.29) is 0 Å². The summed E-state index contributed by atoms with van der Waals surface area (Å²) in [5, 5.41) is 12.9. The Morgan fingerprint density at radius 1 is 0.288 bits per heavy atom. The van der Waals surface area contributed by atoms with Crippen LogP contribution in [0.5, 0.6) is 0 Å². The molecule has 274 valence electrons. The van der Waals surface area contributed by atoms with Gasteiger partial charge in [0.2, 0.25) is 0 Å². The monoisotopic (exact) mass is 766 g/mol. The predicted octanol–water partition coefficient (Wildman–Crippen LogP) is 15.9. The van der Waals surface area contributed by atoms with Gasteiger partial charge in [-0.25, -0.2) is 0 Å². The van der Waals surface area contributed by atoms with Gasteiger partial charge in [-0.2, -0.15) is 0 Å². The van der Waals surface area contributed by atoms with Crippen LogP contribution in [-0.4, -0.2) is 9.13 Å². The van der Waals surface area contributed by atoms with E-state index in [1.165, 1.54) is 108 Å². The second kappa shape index (κ2) is 12.5. The second-order valence-corrected chi connectivity index (χ2v) is 16.7. The zero-order chi connectivity index (χ0) is 38.6. The van der Waals surface area contributed by atoms with Gasteiger partial charge in [0, 0.05) is 53.1 Å². The second-order valence-electron chi connectivity index (χ2n) is 15.7. The molecule has 10 aromatic carbocycles. The highest BCUT2D eigenvalue weighted by Gasteiger charge is 2.21. The molecule has 0 aliphatic rings. The number of rotatable bonds is 4. The number of thiophene rings is 1. The number of para-hydroxylation sites is 2. The SMILES string of the molecule is c1ccc2cc(-c3ccc(-n4c5ccccc5c5c6sc7c(ccc8c7c7ccccc7n8-c7ccc(-c8cccc9ccccc89)cc7)c6ccc54)cc3)ccc2c1. The normalized spacial score (nSPS) is 12.1. The number of benzene rings is 10. The Morgan fingerprint density at radius 3 is 1.41 bits per heavy atom. The lowest BCUT2D eigenvalue weighted by molar-refractivity contribution is 1.18. The highest BCUT2D eigenvalue weighted by atomic mass is 32.1. The fourth-order valence-electron chi connectivity index (χ4n) is 9.79. The number of aromatic nitrogens is 2. The number of nitrogens with zero attached hydrogens (tertiary/aromatic N) is 2. The van der Waals surface area contributed by atoms with Crippen molar-refractivity contribution >= 4 is 96.7 Å². The van der Waals surface area contributed by atoms with Crippen molar-refractivity contribution in [2.75, 3.05) is 0 Å². The van der Waals surface area contributed by atoms with Gasteiger partial charge in [0.25, 0.3) is 0 Å². The molecule has 0 fully saturated rings. The van der Waals surface area contributed by atoms with E-state index < -0.39 is 0 Å². The molecule has 0 atom stereocenters. The van der Waals surface area contributed by atoms with Gasteiger partial charge in [0.15, 0.2) is 0 Å². The van der Waals surface area contributed by atoms with Crippen LogP contribution in [0.4, 0.5) is 0 Å². The summed E-state index contributed by atoms with van der Waals surface area (Å²) in [7, 11) is 0. The average molecular weight is 767 g/mol. The molecule has 0 spiro atoms. The molecule has 0 aliphatic carbocycles. The van der Waals surface area contributed by atoms with Crippen LogP contribution >= 0.6 is 11.3 Å². The lowest BCUT2D eigenvalue weighted by Crippen LogP contribution is -1.93. The summed E-state index contributed by atoms with van der Waals surface area (Å²) < 4.78 is 7.57. The fourth-order valence-corrected chi connectivity index (χ4v) is 11.2. The van der Waals surface area contributed by atoms with Gasteiger partial charge in [-0.15, -0.1) is 11.3 Å². The van der Waals surface area contributed by atoms with Crippen molar-refractivity contribution in [2.24, 2.45) is 0 Å². The molecule has 0 amide bonds. The minimum absolute atomic E-state index is 1.16. The Balaban J connectivity index is 0.981. The van der Waals surface area contributed by atoms with Crippen molar-refractivity contribution < 1.29 is 0 Å². The van der Waals surface area contributed by atoms with Gasteiger partial charge < -0.3 is 9.13 Å². The highest BCUT2D eigenvalue weighted by Crippen LogP contribution is 2.47. The maximum atomic E-state index is 2.45. The molecule has 0 saturated heterocycles. The summed E-state index contributed by atoms with van der Waals surface area (Å²) >= 11 is 1.94. The number of fused-ring (bicyclic) bond motifs is 13. The van der Waals surface area contributed by atoms with E-state index in [1.54, 1.807) is 0 Å². The number of hydrogen-bond acceptors (Lipinski definition) is 1. The molecule has 0 radical (unpaired) electrons. The van der Waals surface area contributed by atoms with Gasteiger partial charge in [0.05, 0.1) is 22.1 Å². The lowest BCUT2D eigenvalue weighted by Gasteiger charge is -2.11. The Bertz CT molecular complexity index is 3820. The van der Waals surface area contributed by atoms with Gasteiger partial charge in [0.1, 0.15) is 0 Å². The van der Waals surface area contributed by atoms with Crippen LogP contribution in [0.25, 0.3) is 119 Å². The fraction of sp³-hybridized carbons (Fsp3) is 0. The van der Waals surface area contributed by atoms with Crippen LogP contribution in [0.2, 0.25) is 0 Å². The minimum atomic E-state index is 1.16. The van der Waals surface area contributed by atoms with Gasteiger partial charge in [-0.05, 0) is 98.4 Å². The molecular formula is C56H34N2S. The predicted molar refractivity (Wildman–Crippen MR) is 254 cm³/mol. The summed E-state index contributed by atoms with van der Waals surface area (Å²) in [5.74, 6) is 0. The van der Waals surface area contributed by atoms with Crippen LogP contribution in [0.1, 0.15) is 0 Å². The summed E-state index contributed by atoms with van der Waals surface area (Å²) in [6.45, 7) is 0. The summed E-state index contributed by atoms with van der Waals surface area (Å²) in [5.41, 5.74) is 12.2. The molecule has 13 rings (SSSR count). The first kappa shape index (κ1) is 32.6. The Kier molecular flexibility index (Phi) is 6.92. The van der Waals surface area contributed by atoms with E-state index in [9.17, 15) is 0 Å². The van der Waals surface area contributed by atoms with E-state index in [0.717, 1.165) is 11.4 Å². The van der Waals surface area contributed by atoms with E-state index in [0.29, 0.717) is 0 Å². The third-order valence-electron chi connectivity index (χ3n) is 12.5. The molecule has 59 heavy (non-hydrogen) atoms. The van der Waals surface area contributed by atoms with Crippen LogP contribution in [-0.2, 0) is 0 Å². The molecule has 2 nitrogen and oxygen atoms in total. The molecule has 0 aliphatic heterocycles. The van der Waals surface area contributed by atoms with Crippen LogP contribution in [0.15, 0.2) is 206 Å². The summed E-state index contributed by atoms with van der Waals surface area (Å²) in [6, 6.07) is 75.9. The zero-order valence-corrected chi connectivity index (χ0v) is 32.7. The quantitative estimate of drug-likeness (QED) is 0.169. The van der Waals surface area contributed by atoms with Crippen molar-refractivity contribution in [3.05, 3.63) is 206 Å². The first-order valence-electron chi connectivity index (χ1n) is 20.3. The molecule has 0 bridgehead atoms. The van der Waals surface area contributed by atoms with Crippen molar-refractivity contribution in [2.45, 2.75) is 0 Å².